The molecule has 1 N–H and O–H groups in total. The molecule has 1 fully saturated rings. The van der Waals surface area contributed by atoms with Gasteiger partial charge in [-0.25, -0.2) is 0 Å². The third-order valence-corrected chi connectivity index (χ3v) is 3.57. The molecule has 2 atom stereocenters. The molecule has 8 heteroatoms. The number of nitrogens with one attached hydrogen (secondary N) is 1. The molecule has 2 unspecified atom stereocenters. The zero-order chi connectivity index (χ0) is 15.8. The van der Waals surface area contributed by atoms with Crippen LogP contribution in [0, 0.1) is 10.1 Å². The van der Waals surface area contributed by atoms with Gasteiger partial charge in [-0.2, -0.15) is 13.2 Å². The summed E-state index contributed by atoms with van der Waals surface area (Å²) < 4.78 is 38.1. The summed E-state index contributed by atoms with van der Waals surface area (Å²) in [7, 11) is 0. The highest BCUT2D eigenvalue weighted by Crippen LogP contribution is 2.37. The number of nitro groups is 1. The summed E-state index contributed by atoms with van der Waals surface area (Å²) >= 11 is 0. The SMILES string of the molecule is CC1CN(c2ccc(C(F)(F)F)cc2[N+](=O)[O-])C(C)CN1. The number of anilines is 1. The predicted molar refractivity (Wildman–Crippen MR) is 72.4 cm³/mol. The number of hydrogen-bond donors (Lipinski definition) is 1. The molecule has 1 aliphatic rings. The minimum atomic E-state index is -4.59. The first-order valence-corrected chi connectivity index (χ1v) is 6.56. The van der Waals surface area contributed by atoms with Crippen LogP contribution in [0.3, 0.4) is 0 Å². The zero-order valence-electron chi connectivity index (χ0n) is 11.6. The van der Waals surface area contributed by atoms with Gasteiger partial charge in [0.25, 0.3) is 5.69 Å². The van der Waals surface area contributed by atoms with E-state index in [1.807, 2.05) is 13.8 Å². The highest BCUT2D eigenvalue weighted by molar-refractivity contribution is 5.65. The van der Waals surface area contributed by atoms with Crippen LogP contribution in [0.15, 0.2) is 18.2 Å². The van der Waals surface area contributed by atoms with E-state index in [1.54, 1.807) is 4.90 Å². The molecule has 5 nitrogen and oxygen atoms in total. The Bertz CT molecular complexity index is 548. The lowest BCUT2D eigenvalue weighted by Crippen LogP contribution is -2.54. The van der Waals surface area contributed by atoms with Crippen molar-refractivity contribution in [2.45, 2.75) is 32.1 Å². The quantitative estimate of drug-likeness (QED) is 0.674. The molecule has 0 saturated carbocycles. The van der Waals surface area contributed by atoms with Crippen molar-refractivity contribution >= 4 is 11.4 Å². The van der Waals surface area contributed by atoms with E-state index in [0.717, 1.165) is 6.07 Å². The maximum atomic E-state index is 12.7. The van der Waals surface area contributed by atoms with Crippen molar-refractivity contribution < 1.29 is 18.1 Å². The van der Waals surface area contributed by atoms with Crippen molar-refractivity contribution in [3.8, 4) is 0 Å². The Kier molecular flexibility index (Phi) is 4.08. The van der Waals surface area contributed by atoms with Gasteiger partial charge in [0.1, 0.15) is 5.69 Å². The molecule has 0 bridgehead atoms. The number of halogens is 3. The Hall–Kier alpha value is -1.83. The van der Waals surface area contributed by atoms with Gasteiger partial charge in [-0.05, 0) is 26.0 Å². The van der Waals surface area contributed by atoms with Crippen LogP contribution in [0.2, 0.25) is 0 Å². The van der Waals surface area contributed by atoms with Gasteiger partial charge in [-0.3, -0.25) is 10.1 Å². The van der Waals surface area contributed by atoms with E-state index in [0.29, 0.717) is 19.2 Å². The van der Waals surface area contributed by atoms with Gasteiger partial charge >= 0.3 is 6.18 Å². The first-order valence-electron chi connectivity index (χ1n) is 6.56. The van der Waals surface area contributed by atoms with E-state index in [-0.39, 0.29) is 17.8 Å². The van der Waals surface area contributed by atoms with Gasteiger partial charge < -0.3 is 10.2 Å². The Morgan fingerprint density at radius 1 is 1.38 bits per heavy atom. The fourth-order valence-electron chi connectivity index (χ4n) is 2.45. The highest BCUT2D eigenvalue weighted by atomic mass is 19.4. The molecule has 1 heterocycles. The molecule has 0 radical (unpaired) electrons. The van der Waals surface area contributed by atoms with E-state index in [9.17, 15) is 23.3 Å². The average molecular weight is 303 g/mol. The van der Waals surface area contributed by atoms with Crippen molar-refractivity contribution in [3.63, 3.8) is 0 Å². The van der Waals surface area contributed by atoms with Gasteiger partial charge in [-0.15, -0.1) is 0 Å². The predicted octanol–water partition coefficient (Wildman–Crippen LogP) is 2.80. The van der Waals surface area contributed by atoms with Crippen LogP contribution < -0.4 is 10.2 Å². The summed E-state index contributed by atoms with van der Waals surface area (Å²) in [5.74, 6) is 0. The van der Waals surface area contributed by atoms with E-state index in [1.165, 1.54) is 6.07 Å². The zero-order valence-corrected chi connectivity index (χ0v) is 11.6. The molecule has 21 heavy (non-hydrogen) atoms. The maximum Gasteiger partial charge on any atom is 0.416 e. The molecular weight excluding hydrogens is 287 g/mol. The van der Waals surface area contributed by atoms with Crippen LogP contribution in [0.25, 0.3) is 0 Å². The smallest absolute Gasteiger partial charge is 0.360 e. The van der Waals surface area contributed by atoms with Gasteiger partial charge in [0.05, 0.1) is 10.5 Å². The summed E-state index contributed by atoms with van der Waals surface area (Å²) in [6.45, 7) is 4.93. The minimum absolute atomic E-state index is 0.0309. The van der Waals surface area contributed by atoms with Crippen LogP contribution in [0.4, 0.5) is 24.5 Å². The van der Waals surface area contributed by atoms with E-state index in [2.05, 4.69) is 5.32 Å². The summed E-state index contributed by atoms with van der Waals surface area (Å²) in [4.78, 5) is 12.1. The van der Waals surface area contributed by atoms with Crippen molar-refractivity contribution in [3.05, 3.63) is 33.9 Å². The Labute approximate surface area is 119 Å². The van der Waals surface area contributed by atoms with Gasteiger partial charge in [-0.1, -0.05) is 0 Å². The van der Waals surface area contributed by atoms with Gasteiger partial charge in [0.2, 0.25) is 0 Å². The summed E-state index contributed by atoms with van der Waals surface area (Å²) in [5.41, 5.74) is -1.28. The number of rotatable bonds is 2. The summed E-state index contributed by atoms with van der Waals surface area (Å²) in [6, 6.07) is 2.77. The van der Waals surface area contributed by atoms with Crippen LogP contribution in [0.1, 0.15) is 19.4 Å². The molecule has 2 rings (SSSR count). The molecule has 1 aromatic carbocycles. The van der Waals surface area contributed by atoms with E-state index in [4.69, 9.17) is 0 Å². The normalized spacial score (nSPS) is 23.2. The van der Waals surface area contributed by atoms with Crippen molar-refractivity contribution in [1.29, 1.82) is 0 Å². The molecule has 0 aromatic heterocycles. The monoisotopic (exact) mass is 303 g/mol. The van der Waals surface area contributed by atoms with E-state index >= 15 is 0 Å². The third-order valence-electron chi connectivity index (χ3n) is 3.57. The fourth-order valence-corrected chi connectivity index (χ4v) is 2.45. The number of alkyl halides is 3. The Morgan fingerprint density at radius 3 is 2.62 bits per heavy atom. The second-order valence-electron chi connectivity index (χ2n) is 5.27. The fraction of sp³-hybridized carbons (Fsp3) is 0.538. The molecule has 0 amide bonds. The van der Waals surface area contributed by atoms with Crippen LogP contribution >= 0.6 is 0 Å². The lowest BCUT2D eigenvalue weighted by atomic mass is 10.1. The molecule has 0 aliphatic carbocycles. The van der Waals surface area contributed by atoms with Gasteiger partial charge in [0, 0.05) is 31.2 Å². The minimum Gasteiger partial charge on any atom is -0.360 e. The first kappa shape index (κ1) is 15.6. The average Bonchev–Trinajstić information content (AvgIpc) is 2.40. The number of nitrogens with zero attached hydrogens (tertiary/aromatic N) is 2. The number of nitro benzene ring substituents is 1. The maximum absolute atomic E-state index is 12.7. The van der Waals surface area contributed by atoms with Crippen LogP contribution in [-0.2, 0) is 6.18 Å². The largest absolute Gasteiger partial charge is 0.416 e. The topological polar surface area (TPSA) is 58.4 Å². The lowest BCUT2D eigenvalue weighted by molar-refractivity contribution is -0.384. The van der Waals surface area contributed by atoms with Crippen molar-refractivity contribution in [2.24, 2.45) is 0 Å². The number of benzene rings is 1. The molecule has 1 aromatic rings. The molecule has 1 saturated heterocycles. The summed E-state index contributed by atoms with van der Waals surface area (Å²) in [6.07, 6.45) is -4.59. The molecule has 1 aliphatic heterocycles. The second kappa shape index (κ2) is 5.51. The highest BCUT2D eigenvalue weighted by Gasteiger charge is 2.35. The first-order chi connectivity index (χ1) is 9.70. The van der Waals surface area contributed by atoms with Crippen LogP contribution in [-0.4, -0.2) is 30.1 Å². The van der Waals surface area contributed by atoms with Crippen molar-refractivity contribution in [1.82, 2.24) is 5.32 Å². The number of hydrogen-bond acceptors (Lipinski definition) is 4. The van der Waals surface area contributed by atoms with E-state index < -0.39 is 22.4 Å². The Morgan fingerprint density at radius 2 is 2.05 bits per heavy atom. The standard InChI is InChI=1S/C13H16F3N3O2/c1-8-7-18(9(2)6-17-8)11-4-3-10(13(14,15)16)5-12(11)19(20)21/h3-5,8-9,17H,6-7H2,1-2H3. The lowest BCUT2D eigenvalue weighted by Gasteiger charge is -2.38. The Balaban J connectivity index is 2.45. The van der Waals surface area contributed by atoms with Gasteiger partial charge in [0.15, 0.2) is 0 Å². The third kappa shape index (κ3) is 3.26. The summed E-state index contributed by atoms with van der Waals surface area (Å²) in [5, 5.41) is 14.4. The molecule has 0 spiro atoms. The van der Waals surface area contributed by atoms with Crippen molar-refractivity contribution in [2.75, 3.05) is 18.0 Å². The molecular formula is C13H16F3N3O2. The molecule has 116 valence electrons. The van der Waals surface area contributed by atoms with Crippen LogP contribution in [0.5, 0.6) is 0 Å². The number of piperazine rings is 1. The second-order valence-corrected chi connectivity index (χ2v) is 5.27.